The summed E-state index contributed by atoms with van der Waals surface area (Å²) in [5, 5.41) is 106. The number of carbonyl (C=O) groups excluding carboxylic acids is 4. The molecule has 3 fully saturated rings. The number of carbonyl (C=O) groups is 15. The molecule has 3 aliphatic rings. The average molecular weight is 1650 g/mol. The highest BCUT2D eigenvalue weighted by atomic mass is 16.4. The highest BCUT2D eigenvalue weighted by molar-refractivity contribution is 5.86. The molecule has 5 atom stereocenters. The molecule has 0 saturated carbocycles. The molecule has 660 valence electrons. The van der Waals surface area contributed by atoms with Gasteiger partial charge in [-0.15, -0.1) is 0 Å². The summed E-state index contributed by atoms with van der Waals surface area (Å²) in [6, 6.07) is -4.66. The quantitative estimate of drug-likeness (QED) is 0.0408. The minimum atomic E-state index is -1.13. The lowest BCUT2D eigenvalue weighted by Gasteiger charge is -2.37. The van der Waals surface area contributed by atoms with Gasteiger partial charge in [0.2, 0.25) is 0 Å². The number of hydrogen-bond acceptors (Lipinski definition) is 27. The third-order valence-corrected chi connectivity index (χ3v) is 20.7. The van der Waals surface area contributed by atoms with Gasteiger partial charge in [-0.25, -0.2) is 0 Å². The minimum Gasteiger partial charge on any atom is -0.480 e. The van der Waals surface area contributed by atoms with Crippen molar-refractivity contribution in [2.24, 2.45) is 34.5 Å². The van der Waals surface area contributed by atoms with Crippen LogP contribution in [0, 0.1) is 34.5 Å². The SMILES string of the molecule is CC(C)C(=O)CCC(C(=O)O)N1CCN(CC(=O)O)CCN(C(C(=O)O)C(C)C)CCN(CC(=O)O)CC1.CC(C)C(=O)CCC(C(=O)O)N1CCN(CC(=O)O)CCN(C(CCC(=O)C(C)(C)C)C(=O)O)CCN(CC(=O)O)CC1.CC(C)C(C(=O)O)N1CCN(CC(=O)O)CCN(CC(=O)C(C)(C)C)CCN(CC(=O)O)CC1. The van der Waals surface area contributed by atoms with Gasteiger partial charge < -0.3 is 56.2 Å². The van der Waals surface area contributed by atoms with E-state index in [1.807, 2.05) is 39.5 Å². The van der Waals surface area contributed by atoms with Crippen LogP contribution in [0.5, 0.6) is 0 Å². The van der Waals surface area contributed by atoms with E-state index < -0.39 is 107 Å². The Morgan fingerprint density at radius 2 is 0.426 bits per heavy atom. The van der Waals surface area contributed by atoms with Gasteiger partial charge in [-0.1, -0.05) is 96.9 Å². The van der Waals surface area contributed by atoms with Crippen LogP contribution in [0.3, 0.4) is 0 Å². The van der Waals surface area contributed by atoms with Crippen LogP contribution in [-0.2, 0) is 71.9 Å². The number of Topliss-reactive ketones (excluding diaryl/α,β-unsaturated/α-hetero) is 4. The third kappa shape index (κ3) is 43.4. The zero-order valence-corrected chi connectivity index (χ0v) is 70.3. The first kappa shape index (κ1) is 105. The normalized spacial score (nSPS) is 19.3. The van der Waals surface area contributed by atoms with Gasteiger partial charge in [0.1, 0.15) is 47.6 Å². The van der Waals surface area contributed by atoms with E-state index in [0.29, 0.717) is 52.4 Å². The van der Waals surface area contributed by atoms with Crippen LogP contribution in [0.15, 0.2) is 0 Å². The molecule has 0 bridgehead atoms. The van der Waals surface area contributed by atoms with Crippen LogP contribution >= 0.6 is 0 Å². The van der Waals surface area contributed by atoms with Gasteiger partial charge >= 0.3 is 65.7 Å². The molecule has 0 aromatic heterocycles. The Morgan fingerprint density at radius 1 is 0.243 bits per heavy atom. The molecule has 11 N–H and O–H groups in total. The minimum absolute atomic E-state index is 0.0412. The van der Waals surface area contributed by atoms with Crippen molar-refractivity contribution in [2.75, 3.05) is 203 Å². The number of carboxylic acid groups (broad SMARTS) is 11. The molecule has 3 rings (SSSR count). The molecule has 3 aliphatic heterocycles. The zero-order chi connectivity index (χ0) is 87.9. The molecule has 115 heavy (non-hydrogen) atoms. The second-order valence-electron chi connectivity index (χ2n) is 33.3. The van der Waals surface area contributed by atoms with E-state index in [-0.39, 0.29) is 236 Å². The van der Waals surface area contributed by atoms with Crippen LogP contribution in [0.1, 0.15) is 135 Å². The lowest BCUT2D eigenvalue weighted by atomic mass is 9.87. The van der Waals surface area contributed by atoms with Gasteiger partial charge in [-0.05, 0) is 31.1 Å². The summed E-state index contributed by atoms with van der Waals surface area (Å²) in [6.07, 6.45) is 0.389. The maximum Gasteiger partial charge on any atom is 0.321 e. The molecule has 0 aromatic rings. The topological polar surface area (TPSA) is 517 Å². The van der Waals surface area contributed by atoms with Crippen LogP contribution in [-0.4, -0.2) is 437 Å². The molecule has 3 heterocycles. The number of carboxylic acids is 11. The summed E-state index contributed by atoms with van der Waals surface area (Å²) in [6.45, 7) is 29.6. The second kappa shape index (κ2) is 52.9. The van der Waals surface area contributed by atoms with Crippen LogP contribution in [0.25, 0.3) is 0 Å². The van der Waals surface area contributed by atoms with Crippen LogP contribution in [0.2, 0.25) is 0 Å². The van der Waals surface area contributed by atoms with Gasteiger partial charge in [-0.2, -0.15) is 0 Å². The number of aliphatic carboxylic acids is 11. The summed E-state index contributed by atoms with van der Waals surface area (Å²) in [5.74, 6) is -12.6. The predicted molar refractivity (Wildman–Crippen MR) is 422 cm³/mol. The summed E-state index contributed by atoms with van der Waals surface area (Å²) in [5.41, 5.74) is -1.16. The lowest BCUT2D eigenvalue weighted by molar-refractivity contribution is -0.147. The maximum atomic E-state index is 12.7. The Morgan fingerprint density at radius 3 is 0.591 bits per heavy atom. The van der Waals surface area contributed by atoms with E-state index in [0.717, 1.165) is 0 Å². The monoisotopic (exact) mass is 1640 g/mol. The summed E-state index contributed by atoms with van der Waals surface area (Å²) >= 11 is 0. The first-order valence-corrected chi connectivity index (χ1v) is 39.7. The molecule has 3 saturated heterocycles. The first-order valence-electron chi connectivity index (χ1n) is 39.7. The van der Waals surface area contributed by atoms with Crippen molar-refractivity contribution in [1.29, 1.82) is 0 Å². The number of rotatable bonds is 37. The van der Waals surface area contributed by atoms with E-state index >= 15 is 0 Å². The van der Waals surface area contributed by atoms with Crippen molar-refractivity contribution in [3.63, 3.8) is 0 Å². The van der Waals surface area contributed by atoms with Gasteiger partial charge in [0.15, 0.2) is 5.78 Å². The van der Waals surface area contributed by atoms with Gasteiger partial charge in [0, 0.05) is 199 Å². The summed E-state index contributed by atoms with van der Waals surface area (Å²) < 4.78 is 0. The Hall–Kier alpha value is -7.63. The Kier molecular flexibility index (Phi) is 48.5. The maximum absolute atomic E-state index is 12.7. The molecule has 38 nitrogen and oxygen atoms in total. The fourth-order valence-corrected chi connectivity index (χ4v) is 13.7. The predicted octanol–water partition coefficient (Wildman–Crippen LogP) is 0.731. The van der Waals surface area contributed by atoms with Gasteiger partial charge in [-0.3, -0.25) is 131 Å². The van der Waals surface area contributed by atoms with Crippen molar-refractivity contribution >= 4 is 88.8 Å². The standard InChI is InChI=1S/C29H50N4O10.C25H44N4O9.C23H42N4O7/c1-20(2)23(34)8-6-21(27(40)41)32-14-10-30(18-25(36)37)12-16-33(17-13-31(11-15-32)19-26(38)39)22(28(42)43)7-9-24(35)29(3,4)5;1-17(2)20(30)6-5-19(24(35)36)28-11-7-26(15-21(31)32)9-13-29(23(18(3)4)25(37)38)14-10-27(8-12-28)16-22(33)34;1-17(2)21(22(33)34)27-12-10-25(15-19(29)30)8-6-24(14-18(28)23(3,4)5)7-9-26(11-13-27)16-20(31)32/h20-22H,6-19H2,1-5H3,(H,36,37)(H,38,39)(H,40,41)(H,42,43);17-19,23H,5-16H2,1-4H3,(H,31,32)(H,33,34)(H,35,36)(H,37,38);17,21H,6-16H2,1-5H3,(H,29,30)(H,31,32)(H,33,34). The zero-order valence-electron chi connectivity index (χ0n) is 70.3. The highest BCUT2D eigenvalue weighted by Crippen LogP contribution is 2.23. The van der Waals surface area contributed by atoms with Gasteiger partial charge in [0.25, 0.3) is 0 Å². The third-order valence-electron chi connectivity index (χ3n) is 20.7. The molecule has 0 spiro atoms. The molecule has 0 aromatic carbocycles. The Labute approximate surface area is 676 Å². The molecule has 0 aliphatic carbocycles. The molecule has 38 heteroatoms. The van der Waals surface area contributed by atoms with E-state index in [1.54, 1.807) is 116 Å². The number of nitrogens with zero attached hydrogens (tertiary/aromatic N) is 12. The highest BCUT2D eigenvalue weighted by Gasteiger charge is 2.37. The van der Waals surface area contributed by atoms with Crippen molar-refractivity contribution in [3.05, 3.63) is 0 Å². The molecule has 5 unspecified atom stereocenters. The fourth-order valence-electron chi connectivity index (χ4n) is 13.7. The van der Waals surface area contributed by atoms with E-state index in [2.05, 4.69) is 0 Å². The summed E-state index contributed by atoms with van der Waals surface area (Å²) in [7, 11) is 0. The van der Waals surface area contributed by atoms with E-state index in [1.165, 1.54) is 0 Å². The molecule has 0 radical (unpaired) electrons. The van der Waals surface area contributed by atoms with Gasteiger partial charge in [0.05, 0.1) is 45.8 Å². The van der Waals surface area contributed by atoms with Crippen LogP contribution < -0.4 is 0 Å². The largest absolute Gasteiger partial charge is 0.480 e. The van der Waals surface area contributed by atoms with Crippen molar-refractivity contribution in [2.45, 2.75) is 166 Å². The van der Waals surface area contributed by atoms with Crippen molar-refractivity contribution in [3.8, 4) is 0 Å². The molecular formula is C77H136N12O26. The summed E-state index contributed by atoms with van der Waals surface area (Å²) in [4.78, 5) is 200. The number of hydrogen-bond donors (Lipinski definition) is 11. The second-order valence-corrected chi connectivity index (χ2v) is 33.3. The average Bonchev–Trinajstić information content (AvgIpc) is 0.763. The van der Waals surface area contributed by atoms with Crippen molar-refractivity contribution in [1.82, 2.24) is 58.8 Å². The first-order chi connectivity index (χ1) is 53.3. The number of ketones is 4. The molecule has 0 amide bonds. The smallest absolute Gasteiger partial charge is 0.321 e. The Bertz CT molecular complexity index is 3050. The van der Waals surface area contributed by atoms with Crippen molar-refractivity contribution < 1.29 is 128 Å². The molecular weight excluding hydrogens is 1510 g/mol. The fraction of sp³-hybridized carbons (Fsp3) is 0.805. The Balaban J connectivity index is 0.000000869. The van der Waals surface area contributed by atoms with Crippen LogP contribution in [0.4, 0.5) is 0 Å². The van der Waals surface area contributed by atoms with E-state index in [9.17, 15) is 128 Å². The lowest BCUT2D eigenvalue weighted by Crippen LogP contribution is -2.54. The van der Waals surface area contributed by atoms with E-state index in [4.69, 9.17) is 0 Å².